The molecule has 1 heterocycles. The lowest BCUT2D eigenvalue weighted by molar-refractivity contribution is 0.162. The molecule has 5 nitrogen and oxygen atoms in total. The molecule has 0 radical (unpaired) electrons. The second kappa shape index (κ2) is 5.52. The zero-order valence-electron chi connectivity index (χ0n) is 11.7. The van der Waals surface area contributed by atoms with Gasteiger partial charge in [-0.2, -0.15) is 9.57 Å². The van der Waals surface area contributed by atoms with Crippen LogP contribution in [0.2, 0.25) is 0 Å². The summed E-state index contributed by atoms with van der Waals surface area (Å²) in [4.78, 5) is 0.223. The first-order valence-corrected chi connectivity index (χ1v) is 7.97. The van der Waals surface area contributed by atoms with Gasteiger partial charge in [0, 0.05) is 20.1 Å². The van der Waals surface area contributed by atoms with E-state index in [4.69, 9.17) is 4.74 Å². The number of hydrogen-bond acceptors (Lipinski definition) is 4. The predicted molar refractivity (Wildman–Crippen MR) is 74.5 cm³/mol. The van der Waals surface area contributed by atoms with E-state index in [1.807, 2.05) is 13.0 Å². The van der Waals surface area contributed by atoms with Crippen molar-refractivity contribution in [3.05, 3.63) is 29.8 Å². The van der Waals surface area contributed by atoms with E-state index in [1.54, 1.807) is 18.2 Å². The topological polar surface area (TPSA) is 70.4 Å². The molecule has 1 aromatic carbocycles. The van der Waals surface area contributed by atoms with Crippen LogP contribution < -0.4 is 0 Å². The molecular weight excluding hydrogens is 276 g/mol. The highest BCUT2D eigenvalue weighted by molar-refractivity contribution is 7.89. The van der Waals surface area contributed by atoms with Crippen LogP contribution in [0.1, 0.15) is 18.9 Å². The monoisotopic (exact) mass is 294 g/mol. The summed E-state index contributed by atoms with van der Waals surface area (Å²) in [5.74, 6) is 0. The van der Waals surface area contributed by atoms with Gasteiger partial charge >= 0.3 is 0 Å². The van der Waals surface area contributed by atoms with Crippen LogP contribution in [0.4, 0.5) is 0 Å². The average molecular weight is 294 g/mol. The van der Waals surface area contributed by atoms with E-state index in [1.165, 1.54) is 7.05 Å². The Balaban J connectivity index is 2.41. The molecule has 0 saturated carbocycles. The van der Waals surface area contributed by atoms with E-state index in [9.17, 15) is 13.7 Å². The number of ether oxygens (including phenoxy) is 1. The Bertz CT molecular complexity index is 628. The molecule has 6 heteroatoms. The third-order valence-electron chi connectivity index (χ3n) is 3.78. The quantitative estimate of drug-likeness (QED) is 0.845. The molecule has 0 aliphatic carbocycles. The van der Waals surface area contributed by atoms with Gasteiger partial charge in [0.2, 0.25) is 10.0 Å². The van der Waals surface area contributed by atoms with Gasteiger partial charge in [-0.3, -0.25) is 0 Å². The lowest BCUT2D eigenvalue weighted by Gasteiger charge is -2.30. The third kappa shape index (κ3) is 2.44. The summed E-state index contributed by atoms with van der Waals surface area (Å²) in [7, 11) is -2.24. The Labute approximate surface area is 119 Å². The molecule has 1 unspecified atom stereocenters. The molecule has 1 aliphatic heterocycles. The number of rotatable bonds is 4. The Morgan fingerprint density at radius 2 is 2.25 bits per heavy atom. The average Bonchev–Trinajstić information content (AvgIpc) is 2.96. The molecule has 0 aromatic heterocycles. The number of hydrogen-bond donors (Lipinski definition) is 0. The highest BCUT2D eigenvalue weighted by atomic mass is 32.2. The van der Waals surface area contributed by atoms with Crippen LogP contribution in [0.15, 0.2) is 29.2 Å². The minimum atomic E-state index is -3.69. The number of benzene rings is 1. The Morgan fingerprint density at radius 3 is 2.80 bits per heavy atom. The van der Waals surface area contributed by atoms with E-state index < -0.39 is 15.6 Å². The van der Waals surface area contributed by atoms with E-state index >= 15 is 0 Å². The molecular formula is C14H18N2O3S. The van der Waals surface area contributed by atoms with Gasteiger partial charge in [0.05, 0.1) is 17.6 Å². The zero-order valence-corrected chi connectivity index (χ0v) is 12.5. The summed E-state index contributed by atoms with van der Waals surface area (Å²) in [6.07, 6.45) is 1.16. The number of likely N-dealkylation sites (N-methyl/N-ethyl adjacent to an activating group) is 1. The van der Waals surface area contributed by atoms with Crippen molar-refractivity contribution in [3.8, 4) is 6.07 Å². The molecule has 1 aromatic rings. The SMILES string of the molecule is CCc1cccc(S(=O)(=O)N(C)C2(C#N)CCOC2)c1. The molecule has 2 rings (SSSR count). The molecule has 0 amide bonds. The first-order valence-electron chi connectivity index (χ1n) is 6.53. The van der Waals surface area contributed by atoms with E-state index in [0.29, 0.717) is 13.0 Å². The number of sulfonamides is 1. The summed E-state index contributed by atoms with van der Waals surface area (Å²) in [6.45, 7) is 2.49. The van der Waals surface area contributed by atoms with E-state index in [-0.39, 0.29) is 11.5 Å². The first-order chi connectivity index (χ1) is 9.46. The molecule has 0 N–H and O–H groups in total. The van der Waals surface area contributed by atoms with Gasteiger partial charge in [0.15, 0.2) is 0 Å². The van der Waals surface area contributed by atoms with Gasteiger partial charge in [-0.25, -0.2) is 8.42 Å². The summed E-state index contributed by atoms with van der Waals surface area (Å²) in [6, 6.07) is 8.94. The van der Waals surface area contributed by atoms with Crippen LogP contribution in [0, 0.1) is 11.3 Å². The third-order valence-corrected chi connectivity index (χ3v) is 5.70. The second-order valence-corrected chi connectivity index (χ2v) is 6.89. The Kier molecular flexibility index (Phi) is 4.14. The summed E-state index contributed by atoms with van der Waals surface area (Å²) in [5, 5.41) is 9.36. The largest absolute Gasteiger partial charge is 0.378 e. The molecule has 1 fully saturated rings. The number of aryl methyl sites for hydroxylation is 1. The Morgan fingerprint density at radius 1 is 1.50 bits per heavy atom. The maximum atomic E-state index is 12.7. The van der Waals surface area contributed by atoms with Crippen molar-refractivity contribution < 1.29 is 13.2 Å². The molecule has 1 atom stereocenters. The van der Waals surface area contributed by atoms with Gasteiger partial charge in [-0.1, -0.05) is 19.1 Å². The molecule has 0 bridgehead atoms. The minimum absolute atomic E-state index is 0.118. The fourth-order valence-corrected chi connectivity index (χ4v) is 3.79. The van der Waals surface area contributed by atoms with Crippen molar-refractivity contribution in [2.75, 3.05) is 20.3 Å². The standard InChI is InChI=1S/C14H18N2O3S/c1-3-12-5-4-6-13(9-12)20(17,18)16(2)14(10-15)7-8-19-11-14/h4-6,9H,3,7-8,11H2,1-2H3. The molecule has 0 spiro atoms. The van der Waals surface area contributed by atoms with Gasteiger partial charge in [0.25, 0.3) is 0 Å². The smallest absolute Gasteiger partial charge is 0.244 e. The lowest BCUT2D eigenvalue weighted by atomic mass is 10.0. The Hall–Kier alpha value is -1.42. The normalized spacial score (nSPS) is 22.9. The van der Waals surface area contributed by atoms with Gasteiger partial charge in [0.1, 0.15) is 5.54 Å². The molecule has 108 valence electrons. The number of nitriles is 1. The summed E-state index contributed by atoms with van der Waals surface area (Å²) < 4.78 is 31.7. The van der Waals surface area contributed by atoms with Crippen molar-refractivity contribution >= 4 is 10.0 Å². The van der Waals surface area contributed by atoms with Crippen molar-refractivity contribution in [1.29, 1.82) is 5.26 Å². The van der Waals surface area contributed by atoms with Crippen LogP contribution in [-0.4, -0.2) is 38.5 Å². The fourth-order valence-electron chi connectivity index (χ4n) is 2.28. The molecule has 1 aliphatic rings. The van der Waals surface area contributed by atoms with Crippen LogP contribution in [0.25, 0.3) is 0 Å². The van der Waals surface area contributed by atoms with Crippen molar-refractivity contribution in [1.82, 2.24) is 4.31 Å². The van der Waals surface area contributed by atoms with Crippen LogP contribution in [-0.2, 0) is 21.2 Å². The van der Waals surface area contributed by atoms with Crippen molar-refractivity contribution in [2.45, 2.75) is 30.2 Å². The fraction of sp³-hybridized carbons (Fsp3) is 0.500. The van der Waals surface area contributed by atoms with Gasteiger partial charge in [-0.05, 0) is 24.1 Å². The van der Waals surface area contributed by atoms with Crippen molar-refractivity contribution in [2.24, 2.45) is 0 Å². The lowest BCUT2D eigenvalue weighted by Crippen LogP contribution is -2.49. The van der Waals surface area contributed by atoms with Gasteiger partial charge < -0.3 is 4.74 Å². The summed E-state index contributed by atoms with van der Waals surface area (Å²) >= 11 is 0. The number of nitrogens with zero attached hydrogens (tertiary/aromatic N) is 2. The van der Waals surface area contributed by atoms with Crippen LogP contribution >= 0.6 is 0 Å². The van der Waals surface area contributed by atoms with E-state index in [0.717, 1.165) is 16.3 Å². The first kappa shape index (κ1) is 15.0. The van der Waals surface area contributed by atoms with Crippen LogP contribution in [0.3, 0.4) is 0 Å². The highest BCUT2D eigenvalue weighted by Gasteiger charge is 2.45. The zero-order chi connectivity index (χ0) is 14.8. The maximum Gasteiger partial charge on any atom is 0.244 e. The summed E-state index contributed by atoms with van der Waals surface area (Å²) in [5.41, 5.74) is -0.144. The van der Waals surface area contributed by atoms with Gasteiger partial charge in [-0.15, -0.1) is 0 Å². The predicted octanol–water partition coefficient (Wildman–Crippen LogP) is 1.55. The van der Waals surface area contributed by atoms with Crippen molar-refractivity contribution in [3.63, 3.8) is 0 Å². The maximum absolute atomic E-state index is 12.7. The van der Waals surface area contributed by atoms with Crippen LogP contribution in [0.5, 0.6) is 0 Å². The highest BCUT2D eigenvalue weighted by Crippen LogP contribution is 2.30. The molecule has 20 heavy (non-hydrogen) atoms. The minimum Gasteiger partial charge on any atom is -0.378 e. The second-order valence-electron chi connectivity index (χ2n) is 4.92. The van der Waals surface area contributed by atoms with E-state index in [2.05, 4.69) is 6.07 Å². The molecule has 1 saturated heterocycles.